The largest absolute Gasteiger partial charge is 0.497 e. The summed E-state index contributed by atoms with van der Waals surface area (Å²) in [6, 6.07) is 18.2. The summed E-state index contributed by atoms with van der Waals surface area (Å²) in [5.41, 5.74) is 1.53. The first-order chi connectivity index (χ1) is 13.7. The standard InChI is InChI=1S/C21H21N3O4/c1-26-17-9-10-18(19(12-17)27-2)23-15-8-11-20(22-13-15)24-21(25)14-28-16-6-4-3-5-7-16/h3-13,23H,14H2,1-2H3,(H,22,24,25). The van der Waals surface area contributed by atoms with Crippen molar-refractivity contribution in [1.82, 2.24) is 4.98 Å². The van der Waals surface area contributed by atoms with Gasteiger partial charge in [-0.05, 0) is 36.4 Å². The van der Waals surface area contributed by atoms with E-state index in [2.05, 4.69) is 15.6 Å². The number of carbonyl (C=O) groups excluding carboxylic acids is 1. The van der Waals surface area contributed by atoms with E-state index < -0.39 is 0 Å². The first kappa shape index (κ1) is 19.0. The van der Waals surface area contributed by atoms with E-state index in [1.165, 1.54) is 0 Å². The number of benzene rings is 2. The number of nitrogens with one attached hydrogen (secondary N) is 2. The molecular formula is C21H21N3O4. The Labute approximate surface area is 163 Å². The zero-order chi connectivity index (χ0) is 19.8. The van der Waals surface area contributed by atoms with E-state index in [1.807, 2.05) is 36.4 Å². The van der Waals surface area contributed by atoms with Crippen molar-refractivity contribution >= 4 is 23.1 Å². The van der Waals surface area contributed by atoms with Crippen molar-refractivity contribution in [1.29, 1.82) is 0 Å². The Balaban J connectivity index is 1.57. The Morgan fingerprint density at radius 1 is 0.964 bits per heavy atom. The highest BCUT2D eigenvalue weighted by molar-refractivity contribution is 5.91. The highest BCUT2D eigenvalue weighted by atomic mass is 16.5. The van der Waals surface area contributed by atoms with Gasteiger partial charge >= 0.3 is 0 Å². The van der Waals surface area contributed by atoms with Crippen LogP contribution in [-0.4, -0.2) is 31.7 Å². The minimum atomic E-state index is -0.283. The molecule has 1 amide bonds. The number of hydrogen-bond acceptors (Lipinski definition) is 6. The molecule has 3 aromatic rings. The molecule has 0 aliphatic carbocycles. The van der Waals surface area contributed by atoms with Crippen LogP contribution in [0.25, 0.3) is 0 Å². The third kappa shape index (κ3) is 5.14. The van der Waals surface area contributed by atoms with Gasteiger partial charge in [-0.25, -0.2) is 4.98 Å². The summed E-state index contributed by atoms with van der Waals surface area (Å²) < 4.78 is 16.0. The SMILES string of the molecule is COc1ccc(Nc2ccc(NC(=O)COc3ccccc3)nc2)c(OC)c1. The molecule has 1 heterocycles. The van der Waals surface area contributed by atoms with Crippen molar-refractivity contribution < 1.29 is 19.0 Å². The molecule has 2 N–H and O–H groups in total. The number of methoxy groups -OCH3 is 2. The smallest absolute Gasteiger partial charge is 0.263 e. The number of amides is 1. The maximum absolute atomic E-state index is 12.0. The van der Waals surface area contributed by atoms with Gasteiger partial charge in [0.1, 0.15) is 23.1 Å². The number of nitrogens with zero attached hydrogens (tertiary/aromatic N) is 1. The van der Waals surface area contributed by atoms with Crippen LogP contribution >= 0.6 is 0 Å². The number of ether oxygens (including phenoxy) is 3. The predicted molar refractivity (Wildman–Crippen MR) is 108 cm³/mol. The van der Waals surface area contributed by atoms with Crippen molar-refractivity contribution in [2.24, 2.45) is 0 Å². The molecule has 0 aliphatic heterocycles. The minimum Gasteiger partial charge on any atom is -0.497 e. The van der Waals surface area contributed by atoms with Gasteiger partial charge in [0.2, 0.25) is 0 Å². The van der Waals surface area contributed by atoms with Crippen molar-refractivity contribution in [3.63, 3.8) is 0 Å². The highest BCUT2D eigenvalue weighted by Gasteiger charge is 2.07. The van der Waals surface area contributed by atoms with Gasteiger partial charge in [-0.3, -0.25) is 4.79 Å². The van der Waals surface area contributed by atoms with Crippen LogP contribution in [0.2, 0.25) is 0 Å². The average Bonchev–Trinajstić information content (AvgIpc) is 2.74. The maximum Gasteiger partial charge on any atom is 0.263 e. The lowest BCUT2D eigenvalue weighted by molar-refractivity contribution is -0.118. The minimum absolute atomic E-state index is 0.0885. The van der Waals surface area contributed by atoms with Gasteiger partial charge < -0.3 is 24.8 Å². The van der Waals surface area contributed by atoms with Crippen molar-refractivity contribution in [2.45, 2.75) is 0 Å². The molecule has 0 bridgehead atoms. The van der Waals surface area contributed by atoms with Gasteiger partial charge in [0, 0.05) is 6.07 Å². The second kappa shape index (κ2) is 9.27. The number of anilines is 3. The average molecular weight is 379 g/mol. The fourth-order valence-electron chi connectivity index (χ4n) is 2.44. The number of aromatic nitrogens is 1. The summed E-state index contributed by atoms with van der Waals surface area (Å²) in [7, 11) is 3.19. The molecule has 0 fully saturated rings. The van der Waals surface area contributed by atoms with Crippen LogP contribution in [0.4, 0.5) is 17.2 Å². The van der Waals surface area contributed by atoms with E-state index in [0.717, 1.165) is 11.4 Å². The van der Waals surface area contributed by atoms with E-state index in [1.54, 1.807) is 44.7 Å². The lowest BCUT2D eigenvalue weighted by Crippen LogP contribution is -2.20. The van der Waals surface area contributed by atoms with Crippen LogP contribution in [0.3, 0.4) is 0 Å². The molecule has 0 radical (unpaired) electrons. The quantitative estimate of drug-likeness (QED) is 0.619. The molecule has 0 saturated carbocycles. The Bertz CT molecular complexity index is 915. The summed E-state index contributed by atoms with van der Waals surface area (Å²) in [6.07, 6.45) is 1.62. The molecule has 0 spiro atoms. The van der Waals surface area contributed by atoms with Crippen LogP contribution in [0, 0.1) is 0 Å². The predicted octanol–water partition coefficient (Wildman–Crippen LogP) is 3.86. The normalized spacial score (nSPS) is 10.1. The fourth-order valence-corrected chi connectivity index (χ4v) is 2.44. The van der Waals surface area contributed by atoms with E-state index in [9.17, 15) is 4.79 Å². The van der Waals surface area contributed by atoms with Gasteiger partial charge in [-0.1, -0.05) is 18.2 Å². The lowest BCUT2D eigenvalue weighted by atomic mass is 10.2. The van der Waals surface area contributed by atoms with Gasteiger partial charge in [-0.15, -0.1) is 0 Å². The van der Waals surface area contributed by atoms with Gasteiger partial charge in [0.05, 0.1) is 31.8 Å². The first-order valence-corrected chi connectivity index (χ1v) is 8.61. The molecule has 3 rings (SSSR count). The van der Waals surface area contributed by atoms with E-state index in [4.69, 9.17) is 14.2 Å². The Morgan fingerprint density at radius 2 is 1.79 bits per heavy atom. The molecule has 144 valence electrons. The van der Waals surface area contributed by atoms with Crippen LogP contribution in [0.5, 0.6) is 17.2 Å². The number of para-hydroxylation sites is 1. The summed E-state index contributed by atoms with van der Waals surface area (Å²) in [6.45, 7) is -0.0885. The summed E-state index contributed by atoms with van der Waals surface area (Å²) in [5.74, 6) is 2.15. The van der Waals surface area contributed by atoms with E-state index in [-0.39, 0.29) is 12.5 Å². The second-order valence-corrected chi connectivity index (χ2v) is 5.77. The molecule has 2 aromatic carbocycles. The third-order valence-electron chi connectivity index (χ3n) is 3.83. The van der Waals surface area contributed by atoms with Crippen LogP contribution in [0.1, 0.15) is 0 Å². The van der Waals surface area contributed by atoms with Crippen LogP contribution < -0.4 is 24.8 Å². The first-order valence-electron chi connectivity index (χ1n) is 8.61. The molecule has 7 heteroatoms. The molecule has 1 aromatic heterocycles. The van der Waals surface area contributed by atoms with Gasteiger partial charge in [-0.2, -0.15) is 0 Å². The zero-order valence-corrected chi connectivity index (χ0v) is 15.6. The molecule has 0 aliphatic rings. The highest BCUT2D eigenvalue weighted by Crippen LogP contribution is 2.31. The number of rotatable bonds is 8. The molecule has 0 unspecified atom stereocenters. The van der Waals surface area contributed by atoms with Crippen molar-refractivity contribution in [3.05, 3.63) is 66.9 Å². The van der Waals surface area contributed by atoms with Crippen molar-refractivity contribution in [3.8, 4) is 17.2 Å². The van der Waals surface area contributed by atoms with Crippen LogP contribution in [0.15, 0.2) is 66.9 Å². The number of hydrogen-bond donors (Lipinski definition) is 2. The molecular weight excluding hydrogens is 358 g/mol. The van der Waals surface area contributed by atoms with Gasteiger partial charge in [0.25, 0.3) is 5.91 Å². The lowest BCUT2D eigenvalue weighted by Gasteiger charge is -2.13. The maximum atomic E-state index is 12.0. The molecule has 7 nitrogen and oxygen atoms in total. The fraction of sp³-hybridized carbons (Fsp3) is 0.143. The third-order valence-corrected chi connectivity index (χ3v) is 3.83. The molecule has 0 atom stereocenters. The van der Waals surface area contributed by atoms with E-state index >= 15 is 0 Å². The summed E-state index contributed by atoms with van der Waals surface area (Å²) in [4.78, 5) is 16.2. The topological polar surface area (TPSA) is 81.7 Å². The zero-order valence-electron chi connectivity index (χ0n) is 15.6. The van der Waals surface area contributed by atoms with Crippen molar-refractivity contribution in [2.75, 3.05) is 31.5 Å². The Hall–Kier alpha value is -3.74. The monoisotopic (exact) mass is 379 g/mol. The molecule has 28 heavy (non-hydrogen) atoms. The van der Waals surface area contributed by atoms with E-state index in [0.29, 0.717) is 23.1 Å². The van der Waals surface area contributed by atoms with Crippen LogP contribution in [-0.2, 0) is 4.79 Å². The Morgan fingerprint density at radius 3 is 2.46 bits per heavy atom. The number of carbonyl (C=O) groups is 1. The van der Waals surface area contributed by atoms with Gasteiger partial charge in [0.15, 0.2) is 6.61 Å². The summed E-state index contributed by atoms with van der Waals surface area (Å²) in [5, 5.41) is 5.92. The Kier molecular flexibility index (Phi) is 6.30. The number of pyridine rings is 1. The second-order valence-electron chi connectivity index (χ2n) is 5.77. The summed E-state index contributed by atoms with van der Waals surface area (Å²) >= 11 is 0. The molecule has 0 saturated heterocycles.